The Hall–Kier alpha value is -1.65. The highest BCUT2D eigenvalue weighted by molar-refractivity contribution is 5.79. The molecule has 1 aliphatic heterocycles. The summed E-state index contributed by atoms with van der Waals surface area (Å²) in [6.07, 6.45) is 4.47. The first-order chi connectivity index (χ1) is 10.3. The first-order valence-corrected chi connectivity index (χ1v) is 7.65. The van der Waals surface area contributed by atoms with Gasteiger partial charge in [-0.05, 0) is 31.9 Å². The Morgan fingerprint density at radius 1 is 1.43 bits per heavy atom. The molecule has 2 atom stereocenters. The molecule has 21 heavy (non-hydrogen) atoms. The lowest BCUT2D eigenvalue weighted by Gasteiger charge is -2.20. The smallest absolute Gasteiger partial charge is 0.138 e. The summed E-state index contributed by atoms with van der Waals surface area (Å²) in [5, 5.41) is 4.57. The van der Waals surface area contributed by atoms with Crippen LogP contribution >= 0.6 is 0 Å². The third-order valence-electron chi connectivity index (χ3n) is 3.93. The van der Waals surface area contributed by atoms with Crippen molar-refractivity contribution in [2.45, 2.75) is 31.9 Å². The number of para-hydroxylation sites is 1. The molecular formula is C17H22N2O2. The standard InChI is InChI=1S/C17H22N2O2/c1-13(17-7-4-9-21-17)18-8-10-20-15-11-14-5-2-3-6-16(14)19-12-15/h2-3,5-6,11-13,17-18H,4,7-10H2,1H3. The molecule has 2 unspecified atom stereocenters. The summed E-state index contributed by atoms with van der Waals surface area (Å²) in [5.41, 5.74) is 0.995. The Morgan fingerprint density at radius 3 is 3.19 bits per heavy atom. The van der Waals surface area contributed by atoms with Gasteiger partial charge in [-0.3, -0.25) is 4.98 Å². The maximum absolute atomic E-state index is 5.76. The molecule has 1 N–H and O–H groups in total. The zero-order valence-electron chi connectivity index (χ0n) is 12.4. The molecule has 0 amide bonds. The van der Waals surface area contributed by atoms with E-state index >= 15 is 0 Å². The van der Waals surface area contributed by atoms with Gasteiger partial charge in [-0.2, -0.15) is 0 Å². The Balaban J connectivity index is 1.45. The summed E-state index contributed by atoms with van der Waals surface area (Å²) >= 11 is 0. The van der Waals surface area contributed by atoms with Crippen LogP contribution in [-0.2, 0) is 4.74 Å². The van der Waals surface area contributed by atoms with E-state index in [1.54, 1.807) is 6.20 Å². The third kappa shape index (κ3) is 3.71. The highest BCUT2D eigenvalue weighted by atomic mass is 16.5. The number of ether oxygens (including phenoxy) is 2. The molecular weight excluding hydrogens is 264 g/mol. The first kappa shape index (κ1) is 14.3. The number of hydrogen-bond acceptors (Lipinski definition) is 4. The van der Waals surface area contributed by atoms with E-state index in [4.69, 9.17) is 9.47 Å². The molecule has 0 aliphatic carbocycles. The molecule has 1 saturated heterocycles. The van der Waals surface area contributed by atoms with Crippen molar-refractivity contribution in [1.29, 1.82) is 0 Å². The summed E-state index contributed by atoms with van der Waals surface area (Å²) < 4.78 is 11.4. The summed E-state index contributed by atoms with van der Waals surface area (Å²) in [4.78, 5) is 4.39. The fraction of sp³-hybridized carbons (Fsp3) is 0.471. The fourth-order valence-electron chi connectivity index (χ4n) is 2.71. The topological polar surface area (TPSA) is 43.4 Å². The van der Waals surface area contributed by atoms with Gasteiger partial charge in [0.05, 0.1) is 17.8 Å². The molecule has 4 heteroatoms. The van der Waals surface area contributed by atoms with Crippen LogP contribution in [0.5, 0.6) is 5.75 Å². The Kier molecular flexibility index (Phi) is 4.68. The Bertz CT molecular complexity index is 582. The van der Waals surface area contributed by atoms with Crippen molar-refractivity contribution in [3.8, 4) is 5.75 Å². The average Bonchev–Trinajstić information content (AvgIpc) is 3.06. The molecule has 2 aromatic rings. The van der Waals surface area contributed by atoms with Crippen LogP contribution in [0.25, 0.3) is 10.9 Å². The lowest BCUT2D eigenvalue weighted by molar-refractivity contribution is 0.0824. The van der Waals surface area contributed by atoms with Crippen molar-refractivity contribution in [1.82, 2.24) is 10.3 Å². The van der Waals surface area contributed by atoms with Crippen LogP contribution in [0.2, 0.25) is 0 Å². The predicted molar refractivity (Wildman–Crippen MR) is 83.7 cm³/mol. The maximum atomic E-state index is 5.76. The molecule has 2 heterocycles. The predicted octanol–water partition coefficient (Wildman–Crippen LogP) is 2.77. The molecule has 1 aliphatic rings. The molecule has 112 valence electrons. The zero-order chi connectivity index (χ0) is 14.5. The van der Waals surface area contributed by atoms with E-state index in [1.807, 2.05) is 30.3 Å². The van der Waals surface area contributed by atoms with Gasteiger partial charge in [0, 0.05) is 24.6 Å². The van der Waals surface area contributed by atoms with Crippen LogP contribution in [0.3, 0.4) is 0 Å². The molecule has 4 nitrogen and oxygen atoms in total. The number of benzene rings is 1. The lowest BCUT2D eigenvalue weighted by atomic mass is 10.1. The summed E-state index contributed by atoms with van der Waals surface area (Å²) in [5.74, 6) is 0.820. The second-order valence-corrected chi connectivity index (χ2v) is 5.51. The second kappa shape index (κ2) is 6.87. The van der Waals surface area contributed by atoms with E-state index in [-0.39, 0.29) is 0 Å². The molecule has 3 rings (SSSR count). The van der Waals surface area contributed by atoms with Crippen LogP contribution in [0.4, 0.5) is 0 Å². The van der Waals surface area contributed by atoms with Gasteiger partial charge in [0.15, 0.2) is 0 Å². The number of rotatable bonds is 6. The van der Waals surface area contributed by atoms with Crippen molar-refractivity contribution in [2.24, 2.45) is 0 Å². The molecule has 1 aromatic carbocycles. The molecule has 0 radical (unpaired) electrons. The quantitative estimate of drug-likeness (QED) is 0.829. The third-order valence-corrected chi connectivity index (χ3v) is 3.93. The maximum Gasteiger partial charge on any atom is 0.138 e. The van der Waals surface area contributed by atoms with Gasteiger partial charge in [-0.25, -0.2) is 0 Å². The minimum Gasteiger partial charge on any atom is -0.491 e. The zero-order valence-corrected chi connectivity index (χ0v) is 12.4. The monoisotopic (exact) mass is 286 g/mol. The number of hydrogen-bond donors (Lipinski definition) is 1. The van der Waals surface area contributed by atoms with Gasteiger partial charge in [-0.15, -0.1) is 0 Å². The van der Waals surface area contributed by atoms with Gasteiger partial charge in [0.1, 0.15) is 12.4 Å². The van der Waals surface area contributed by atoms with Crippen molar-refractivity contribution in [3.05, 3.63) is 36.5 Å². The number of nitrogens with one attached hydrogen (secondary N) is 1. The van der Waals surface area contributed by atoms with E-state index in [2.05, 4.69) is 17.2 Å². The van der Waals surface area contributed by atoms with Crippen LogP contribution < -0.4 is 10.1 Å². The van der Waals surface area contributed by atoms with Crippen molar-refractivity contribution < 1.29 is 9.47 Å². The van der Waals surface area contributed by atoms with E-state index in [0.29, 0.717) is 18.8 Å². The number of pyridine rings is 1. The van der Waals surface area contributed by atoms with E-state index in [9.17, 15) is 0 Å². The molecule has 1 aromatic heterocycles. The second-order valence-electron chi connectivity index (χ2n) is 5.51. The summed E-state index contributed by atoms with van der Waals surface area (Å²) in [7, 11) is 0. The number of aromatic nitrogens is 1. The molecule has 0 saturated carbocycles. The minimum absolute atomic E-state index is 0.354. The highest BCUT2D eigenvalue weighted by Gasteiger charge is 2.21. The Morgan fingerprint density at radius 2 is 2.33 bits per heavy atom. The van der Waals surface area contributed by atoms with Gasteiger partial charge < -0.3 is 14.8 Å². The van der Waals surface area contributed by atoms with E-state index in [0.717, 1.165) is 36.2 Å². The van der Waals surface area contributed by atoms with Crippen LogP contribution in [0, 0.1) is 0 Å². The average molecular weight is 286 g/mol. The molecule has 0 bridgehead atoms. The van der Waals surface area contributed by atoms with Crippen LogP contribution in [0.1, 0.15) is 19.8 Å². The summed E-state index contributed by atoms with van der Waals surface area (Å²) in [6, 6.07) is 10.5. The highest BCUT2D eigenvalue weighted by Crippen LogP contribution is 2.18. The fourth-order valence-corrected chi connectivity index (χ4v) is 2.71. The van der Waals surface area contributed by atoms with Gasteiger partial charge in [0.25, 0.3) is 0 Å². The Labute approximate surface area is 125 Å². The first-order valence-electron chi connectivity index (χ1n) is 7.65. The van der Waals surface area contributed by atoms with Gasteiger partial charge >= 0.3 is 0 Å². The van der Waals surface area contributed by atoms with E-state index < -0.39 is 0 Å². The largest absolute Gasteiger partial charge is 0.491 e. The SMILES string of the molecule is CC(NCCOc1cnc2ccccc2c1)C1CCCO1. The number of nitrogens with zero attached hydrogens (tertiary/aromatic N) is 1. The van der Waals surface area contributed by atoms with E-state index in [1.165, 1.54) is 6.42 Å². The van der Waals surface area contributed by atoms with Crippen molar-refractivity contribution in [2.75, 3.05) is 19.8 Å². The van der Waals surface area contributed by atoms with Gasteiger partial charge in [0.2, 0.25) is 0 Å². The van der Waals surface area contributed by atoms with Gasteiger partial charge in [-0.1, -0.05) is 18.2 Å². The lowest BCUT2D eigenvalue weighted by Crippen LogP contribution is -2.39. The molecule has 0 spiro atoms. The normalized spacial score (nSPS) is 19.8. The molecule has 1 fully saturated rings. The van der Waals surface area contributed by atoms with Crippen LogP contribution in [0.15, 0.2) is 36.5 Å². The number of fused-ring (bicyclic) bond motifs is 1. The van der Waals surface area contributed by atoms with Crippen molar-refractivity contribution >= 4 is 10.9 Å². The summed E-state index contributed by atoms with van der Waals surface area (Å²) in [6.45, 7) is 4.52. The van der Waals surface area contributed by atoms with Crippen LogP contribution in [-0.4, -0.2) is 36.9 Å². The van der Waals surface area contributed by atoms with Crippen molar-refractivity contribution in [3.63, 3.8) is 0 Å². The minimum atomic E-state index is 0.354.